The van der Waals surface area contributed by atoms with Gasteiger partial charge in [-0.15, -0.1) is 0 Å². The van der Waals surface area contributed by atoms with Gasteiger partial charge in [0.25, 0.3) is 0 Å². The van der Waals surface area contributed by atoms with Gasteiger partial charge in [0.15, 0.2) is 0 Å². The maximum absolute atomic E-state index is 12.8. The molecule has 0 aromatic heterocycles. The predicted molar refractivity (Wildman–Crippen MR) is 89.4 cm³/mol. The first-order valence-corrected chi connectivity index (χ1v) is 7.62. The number of benzene rings is 2. The van der Waals surface area contributed by atoms with E-state index in [1.54, 1.807) is 0 Å². The summed E-state index contributed by atoms with van der Waals surface area (Å²) in [6, 6.07) is 9.19. The van der Waals surface area contributed by atoms with Crippen molar-refractivity contribution in [3.8, 4) is 0 Å². The summed E-state index contributed by atoms with van der Waals surface area (Å²) < 4.78 is 50.2. The lowest BCUT2D eigenvalue weighted by Gasteiger charge is -2.19. The second-order valence-electron chi connectivity index (χ2n) is 5.67. The van der Waals surface area contributed by atoms with Gasteiger partial charge in [-0.1, -0.05) is 24.3 Å². The molecule has 0 saturated heterocycles. The van der Waals surface area contributed by atoms with Crippen LogP contribution in [0.5, 0.6) is 0 Å². The molecule has 0 aliphatic heterocycles. The summed E-state index contributed by atoms with van der Waals surface area (Å²) in [7, 11) is 0. The standard InChI is InChI=1S/C16H15F4NO.C2H5NO/c17-13-7-3-11(4-8-13)15(22)14(21)9-10-1-5-12(6-2-10)16(18,19)20;1-2(3)4/h1-8,14-15,22H,9,21H2;1H3,(H2,3,4). The van der Waals surface area contributed by atoms with Crippen LogP contribution in [0.1, 0.15) is 29.7 Å². The van der Waals surface area contributed by atoms with Crippen LogP contribution >= 0.6 is 0 Å². The summed E-state index contributed by atoms with van der Waals surface area (Å²) >= 11 is 0. The third kappa shape index (κ3) is 7.20. The van der Waals surface area contributed by atoms with E-state index in [1.807, 2.05) is 0 Å². The molecule has 2 aromatic carbocycles. The third-order valence-electron chi connectivity index (χ3n) is 3.37. The number of rotatable bonds is 4. The highest BCUT2D eigenvalue weighted by Gasteiger charge is 2.30. The van der Waals surface area contributed by atoms with Crippen LogP contribution in [0.2, 0.25) is 0 Å². The number of aliphatic hydroxyl groups excluding tert-OH is 1. The Balaban J connectivity index is 0.000000765. The number of carbonyl (C=O) groups is 1. The van der Waals surface area contributed by atoms with Gasteiger partial charge >= 0.3 is 6.18 Å². The molecule has 2 unspecified atom stereocenters. The summed E-state index contributed by atoms with van der Waals surface area (Å²) in [5.74, 6) is -0.757. The minimum absolute atomic E-state index is 0.205. The van der Waals surface area contributed by atoms with Crippen LogP contribution in [0, 0.1) is 5.82 Å². The molecule has 0 aliphatic carbocycles. The zero-order chi connectivity index (χ0) is 19.9. The minimum atomic E-state index is -4.38. The number of nitrogens with two attached hydrogens (primary N) is 2. The van der Waals surface area contributed by atoms with Crippen LogP contribution in [0.15, 0.2) is 48.5 Å². The van der Waals surface area contributed by atoms with Crippen LogP contribution < -0.4 is 11.5 Å². The average molecular weight is 372 g/mol. The fraction of sp³-hybridized carbons (Fsp3) is 0.278. The molecule has 0 aliphatic rings. The van der Waals surface area contributed by atoms with Gasteiger partial charge in [0.2, 0.25) is 5.91 Å². The summed E-state index contributed by atoms with van der Waals surface area (Å²) in [6.07, 6.45) is -5.20. The number of alkyl halides is 3. The lowest BCUT2D eigenvalue weighted by atomic mass is 9.96. The smallest absolute Gasteiger partial charge is 0.387 e. The molecule has 26 heavy (non-hydrogen) atoms. The number of carbonyl (C=O) groups excluding carboxylic acids is 1. The molecule has 0 saturated carbocycles. The first-order chi connectivity index (χ1) is 12.0. The van der Waals surface area contributed by atoms with E-state index < -0.39 is 29.7 Å². The molecule has 8 heteroatoms. The van der Waals surface area contributed by atoms with Crippen molar-refractivity contribution in [2.24, 2.45) is 11.5 Å². The number of hydrogen-bond acceptors (Lipinski definition) is 3. The monoisotopic (exact) mass is 372 g/mol. The molecule has 0 fully saturated rings. The Bertz CT molecular complexity index is 697. The maximum Gasteiger partial charge on any atom is 0.416 e. The molecule has 142 valence electrons. The van der Waals surface area contributed by atoms with Crippen molar-refractivity contribution in [3.63, 3.8) is 0 Å². The average Bonchev–Trinajstić information content (AvgIpc) is 2.54. The maximum atomic E-state index is 12.8. The lowest BCUT2D eigenvalue weighted by Crippen LogP contribution is -2.30. The molecule has 4 nitrogen and oxygen atoms in total. The fourth-order valence-electron chi connectivity index (χ4n) is 2.12. The summed E-state index contributed by atoms with van der Waals surface area (Å²) in [4.78, 5) is 9.22. The molecule has 5 N–H and O–H groups in total. The largest absolute Gasteiger partial charge is 0.416 e. The van der Waals surface area contributed by atoms with Crippen LogP contribution in [0.3, 0.4) is 0 Å². The quantitative estimate of drug-likeness (QED) is 0.721. The van der Waals surface area contributed by atoms with Gasteiger partial charge in [-0.2, -0.15) is 13.2 Å². The Morgan fingerprint density at radius 3 is 1.96 bits per heavy atom. The van der Waals surface area contributed by atoms with E-state index in [4.69, 9.17) is 5.73 Å². The molecule has 2 rings (SSSR count). The molecule has 1 amide bonds. The first-order valence-electron chi connectivity index (χ1n) is 7.62. The van der Waals surface area contributed by atoms with Crippen LogP contribution in [0.25, 0.3) is 0 Å². The number of aliphatic hydroxyl groups is 1. The lowest BCUT2D eigenvalue weighted by molar-refractivity contribution is -0.137. The Morgan fingerprint density at radius 2 is 1.54 bits per heavy atom. The van der Waals surface area contributed by atoms with Gasteiger partial charge in [-0.25, -0.2) is 4.39 Å². The Labute approximate surface area is 148 Å². The molecule has 0 bridgehead atoms. The highest BCUT2D eigenvalue weighted by Crippen LogP contribution is 2.29. The molecule has 0 heterocycles. The van der Waals surface area contributed by atoms with Crippen LogP contribution in [-0.2, 0) is 17.4 Å². The van der Waals surface area contributed by atoms with Crippen molar-refractivity contribution in [1.82, 2.24) is 0 Å². The number of amides is 1. The van der Waals surface area contributed by atoms with E-state index in [-0.39, 0.29) is 12.3 Å². The van der Waals surface area contributed by atoms with E-state index >= 15 is 0 Å². The summed E-state index contributed by atoms with van der Waals surface area (Å²) in [6.45, 7) is 1.31. The van der Waals surface area contributed by atoms with Gasteiger partial charge in [0, 0.05) is 13.0 Å². The van der Waals surface area contributed by atoms with E-state index in [0.717, 1.165) is 12.1 Å². The number of hydrogen-bond donors (Lipinski definition) is 3. The second-order valence-corrected chi connectivity index (χ2v) is 5.67. The van der Waals surface area contributed by atoms with Gasteiger partial charge in [0.05, 0.1) is 11.7 Å². The van der Waals surface area contributed by atoms with Gasteiger partial charge in [-0.3, -0.25) is 4.79 Å². The zero-order valence-corrected chi connectivity index (χ0v) is 14.0. The Kier molecular flexibility index (Phi) is 7.73. The number of primary amides is 1. The van der Waals surface area contributed by atoms with Crippen molar-refractivity contribution in [1.29, 1.82) is 0 Å². The van der Waals surface area contributed by atoms with Gasteiger partial charge in [0.1, 0.15) is 5.82 Å². The summed E-state index contributed by atoms with van der Waals surface area (Å²) in [5.41, 5.74) is 10.7. The van der Waals surface area contributed by atoms with Crippen LogP contribution in [-0.4, -0.2) is 17.1 Å². The van der Waals surface area contributed by atoms with Gasteiger partial charge < -0.3 is 16.6 Å². The highest BCUT2D eigenvalue weighted by molar-refractivity contribution is 5.70. The van der Waals surface area contributed by atoms with Gasteiger partial charge in [-0.05, 0) is 41.8 Å². The second kappa shape index (κ2) is 9.30. The van der Waals surface area contributed by atoms with Crippen LogP contribution in [0.4, 0.5) is 17.6 Å². The number of halogens is 4. The molecule has 2 atom stereocenters. The van der Waals surface area contributed by atoms with E-state index in [1.165, 1.54) is 43.3 Å². The highest BCUT2D eigenvalue weighted by atomic mass is 19.4. The van der Waals surface area contributed by atoms with E-state index in [0.29, 0.717) is 11.1 Å². The fourth-order valence-corrected chi connectivity index (χ4v) is 2.12. The van der Waals surface area contributed by atoms with Crippen molar-refractivity contribution in [3.05, 3.63) is 71.0 Å². The Morgan fingerprint density at radius 1 is 1.08 bits per heavy atom. The predicted octanol–water partition coefficient (Wildman–Crippen LogP) is 2.94. The van der Waals surface area contributed by atoms with Crippen molar-refractivity contribution >= 4 is 5.91 Å². The third-order valence-corrected chi connectivity index (χ3v) is 3.37. The van der Waals surface area contributed by atoms with E-state index in [9.17, 15) is 27.5 Å². The van der Waals surface area contributed by atoms with Crippen molar-refractivity contribution < 1.29 is 27.5 Å². The van der Waals surface area contributed by atoms with Crippen molar-refractivity contribution in [2.45, 2.75) is 31.7 Å². The molecule has 0 radical (unpaired) electrons. The molecule has 2 aromatic rings. The Hall–Kier alpha value is -2.45. The first kappa shape index (κ1) is 21.6. The SMILES string of the molecule is CC(N)=O.NC(Cc1ccc(C(F)(F)F)cc1)C(O)c1ccc(F)cc1. The van der Waals surface area contributed by atoms with E-state index in [2.05, 4.69) is 5.73 Å². The van der Waals surface area contributed by atoms with Crippen molar-refractivity contribution in [2.75, 3.05) is 0 Å². The topological polar surface area (TPSA) is 89.3 Å². The molecular formula is C18H20F4N2O2. The minimum Gasteiger partial charge on any atom is -0.387 e. The normalized spacial score (nSPS) is 13.3. The molecular weight excluding hydrogens is 352 g/mol. The summed E-state index contributed by atoms with van der Waals surface area (Å²) in [5, 5.41) is 10.1. The molecule has 0 spiro atoms. The zero-order valence-electron chi connectivity index (χ0n) is 14.0.